The maximum absolute atomic E-state index is 10.3. The molecule has 0 fully saturated rings. The van der Waals surface area contributed by atoms with Crippen LogP contribution in [0.3, 0.4) is 0 Å². The summed E-state index contributed by atoms with van der Waals surface area (Å²) >= 11 is 0. The Morgan fingerprint density at radius 2 is 2.00 bits per heavy atom. The third-order valence-electron chi connectivity index (χ3n) is 1.52. The molecule has 74 valence electrons. The summed E-state index contributed by atoms with van der Waals surface area (Å²) in [5, 5.41) is 0. The van der Waals surface area contributed by atoms with Crippen LogP contribution in [-0.4, -0.2) is 25.0 Å². The molecule has 0 spiro atoms. The van der Waals surface area contributed by atoms with E-state index in [0.29, 0.717) is 0 Å². The lowest BCUT2D eigenvalue weighted by Crippen LogP contribution is -2.17. The second kappa shape index (κ2) is 5.50. The van der Waals surface area contributed by atoms with Crippen molar-refractivity contribution in [1.29, 1.82) is 0 Å². The SMILES string of the molecule is CCCC(CC)OCS(=O)(=O)O. The predicted octanol–water partition coefficient (Wildman–Crippen LogP) is 1.43. The van der Waals surface area contributed by atoms with Crippen LogP contribution in [0.2, 0.25) is 0 Å². The van der Waals surface area contributed by atoms with Crippen molar-refractivity contribution in [1.82, 2.24) is 0 Å². The largest absolute Gasteiger partial charge is 0.360 e. The zero-order valence-electron chi connectivity index (χ0n) is 7.49. The highest BCUT2D eigenvalue weighted by Gasteiger charge is 2.10. The maximum atomic E-state index is 10.3. The normalized spacial score (nSPS) is 14.6. The molecule has 0 saturated carbocycles. The van der Waals surface area contributed by atoms with Gasteiger partial charge >= 0.3 is 0 Å². The van der Waals surface area contributed by atoms with Crippen LogP contribution in [0.4, 0.5) is 0 Å². The Morgan fingerprint density at radius 1 is 1.42 bits per heavy atom. The van der Waals surface area contributed by atoms with E-state index in [-0.39, 0.29) is 6.10 Å². The molecule has 0 bridgehead atoms. The minimum absolute atomic E-state index is 0.0584. The van der Waals surface area contributed by atoms with E-state index >= 15 is 0 Å². The summed E-state index contributed by atoms with van der Waals surface area (Å²) in [6.07, 6.45) is 2.48. The molecule has 0 aliphatic heterocycles. The highest BCUT2D eigenvalue weighted by atomic mass is 32.2. The van der Waals surface area contributed by atoms with Crippen molar-refractivity contribution in [2.24, 2.45) is 0 Å². The van der Waals surface area contributed by atoms with E-state index in [0.717, 1.165) is 19.3 Å². The van der Waals surface area contributed by atoms with Crippen LogP contribution in [0.15, 0.2) is 0 Å². The second-order valence-corrected chi connectivity index (χ2v) is 4.08. The molecule has 1 atom stereocenters. The fourth-order valence-corrected chi connectivity index (χ4v) is 1.27. The van der Waals surface area contributed by atoms with Crippen molar-refractivity contribution in [3.8, 4) is 0 Å². The van der Waals surface area contributed by atoms with Crippen LogP contribution in [0.25, 0.3) is 0 Å². The second-order valence-electron chi connectivity index (χ2n) is 2.69. The number of ether oxygens (including phenoxy) is 1. The Hall–Kier alpha value is -0.130. The molecule has 0 aliphatic rings. The number of rotatable bonds is 6. The summed E-state index contributed by atoms with van der Waals surface area (Å²) in [4.78, 5) is 0. The molecule has 1 unspecified atom stereocenters. The molecule has 1 N–H and O–H groups in total. The molecule has 0 radical (unpaired) electrons. The highest BCUT2D eigenvalue weighted by molar-refractivity contribution is 7.85. The van der Waals surface area contributed by atoms with Gasteiger partial charge in [0.1, 0.15) is 0 Å². The van der Waals surface area contributed by atoms with Gasteiger partial charge in [0.15, 0.2) is 5.94 Å². The molecule has 0 aromatic heterocycles. The van der Waals surface area contributed by atoms with Gasteiger partial charge in [-0.2, -0.15) is 8.42 Å². The van der Waals surface area contributed by atoms with Gasteiger partial charge in [0.05, 0.1) is 6.10 Å². The first-order valence-electron chi connectivity index (χ1n) is 4.06. The van der Waals surface area contributed by atoms with E-state index in [1.165, 1.54) is 0 Å². The van der Waals surface area contributed by atoms with E-state index in [1.807, 2.05) is 13.8 Å². The minimum Gasteiger partial charge on any atom is -0.360 e. The topological polar surface area (TPSA) is 63.6 Å². The molecule has 0 rings (SSSR count). The van der Waals surface area contributed by atoms with Gasteiger partial charge in [-0.3, -0.25) is 4.55 Å². The summed E-state index contributed by atoms with van der Waals surface area (Å²) in [6, 6.07) is 0. The molecule has 0 amide bonds. The zero-order chi connectivity index (χ0) is 9.61. The Kier molecular flexibility index (Phi) is 5.44. The summed E-state index contributed by atoms with van der Waals surface area (Å²) in [6.45, 7) is 3.92. The van der Waals surface area contributed by atoms with Crippen LogP contribution >= 0.6 is 0 Å². The smallest absolute Gasteiger partial charge is 0.289 e. The Morgan fingerprint density at radius 3 is 2.33 bits per heavy atom. The molecule has 12 heavy (non-hydrogen) atoms. The molecule has 0 aliphatic carbocycles. The summed E-state index contributed by atoms with van der Waals surface area (Å²) in [5.41, 5.74) is 0. The average molecular weight is 196 g/mol. The Labute approximate surface area is 73.7 Å². The van der Waals surface area contributed by atoms with Crippen LogP contribution in [-0.2, 0) is 14.9 Å². The van der Waals surface area contributed by atoms with Crippen LogP contribution in [0, 0.1) is 0 Å². The standard InChI is InChI=1S/C7H16O4S/c1-3-5-7(4-2)11-6-12(8,9)10/h7H,3-6H2,1-2H3,(H,8,9,10). The molecule has 0 aromatic carbocycles. The Bertz CT molecular complexity index is 197. The quantitative estimate of drug-likeness (QED) is 0.653. The van der Waals surface area contributed by atoms with E-state index in [4.69, 9.17) is 9.29 Å². The average Bonchev–Trinajstić information content (AvgIpc) is 1.96. The first kappa shape index (κ1) is 11.9. The third kappa shape index (κ3) is 6.57. The van der Waals surface area contributed by atoms with Gasteiger partial charge in [0.25, 0.3) is 10.1 Å². The van der Waals surface area contributed by atoms with Crippen LogP contribution in [0.5, 0.6) is 0 Å². The summed E-state index contributed by atoms with van der Waals surface area (Å²) < 4.78 is 33.9. The Balaban J connectivity index is 3.73. The monoisotopic (exact) mass is 196 g/mol. The maximum Gasteiger partial charge on any atom is 0.289 e. The highest BCUT2D eigenvalue weighted by Crippen LogP contribution is 2.06. The van der Waals surface area contributed by atoms with E-state index in [2.05, 4.69) is 0 Å². The predicted molar refractivity (Wildman–Crippen MR) is 46.5 cm³/mol. The number of hydrogen-bond donors (Lipinski definition) is 1. The van der Waals surface area contributed by atoms with Crippen molar-refractivity contribution >= 4 is 10.1 Å². The van der Waals surface area contributed by atoms with Gasteiger partial charge in [0.2, 0.25) is 0 Å². The van der Waals surface area contributed by atoms with Gasteiger partial charge in [0, 0.05) is 0 Å². The van der Waals surface area contributed by atoms with Crippen LogP contribution in [0.1, 0.15) is 33.1 Å². The summed E-state index contributed by atoms with van der Waals surface area (Å²) in [5.74, 6) is -0.592. The molecular formula is C7H16O4S. The van der Waals surface area contributed by atoms with Gasteiger partial charge in [-0.15, -0.1) is 0 Å². The lowest BCUT2D eigenvalue weighted by atomic mass is 10.2. The minimum atomic E-state index is -3.97. The lowest BCUT2D eigenvalue weighted by molar-refractivity contribution is 0.0725. The van der Waals surface area contributed by atoms with Crippen molar-refractivity contribution in [2.45, 2.75) is 39.2 Å². The summed E-state index contributed by atoms with van der Waals surface area (Å²) in [7, 11) is -3.97. The molecular weight excluding hydrogens is 180 g/mol. The molecule has 4 nitrogen and oxygen atoms in total. The van der Waals surface area contributed by atoms with E-state index in [9.17, 15) is 8.42 Å². The zero-order valence-corrected chi connectivity index (χ0v) is 8.30. The number of hydrogen-bond acceptors (Lipinski definition) is 3. The van der Waals surface area contributed by atoms with Crippen molar-refractivity contribution in [3.05, 3.63) is 0 Å². The van der Waals surface area contributed by atoms with Crippen molar-refractivity contribution in [3.63, 3.8) is 0 Å². The van der Waals surface area contributed by atoms with E-state index in [1.54, 1.807) is 0 Å². The van der Waals surface area contributed by atoms with Crippen molar-refractivity contribution < 1.29 is 17.7 Å². The van der Waals surface area contributed by atoms with Gasteiger partial charge in [-0.25, -0.2) is 0 Å². The first-order chi connectivity index (χ1) is 5.49. The molecule has 5 heteroatoms. The lowest BCUT2D eigenvalue weighted by Gasteiger charge is -2.13. The fraction of sp³-hybridized carbons (Fsp3) is 1.00. The molecule has 0 saturated heterocycles. The first-order valence-corrected chi connectivity index (χ1v) is 5.67. The molecule has 0 heterocycles. The van der Waals surface area contributed by atoms with E-state index < -0.39 is 16.1 Å². The van der Waals surface area contributed by atoms with Crippen LogP contribution < -0.4 is 0 Å². The van der Waals surface area contributed by atoms with Gasteiger partial charge < -0.3 is 4.74 Å². The molecule has 0 aromatic rings. The van der Waals surface area contributed by atoms with Gasteiger partial charge in [-0.1, -0.05) is 20.3 Å². The third-order valence-corrected chi connectivity index (χ3v) is 1.95. The fourth-order valence-electron chi connectivity index (χ4n) is 0.909. The van der Waals surface area contributed by atoms with Gasteiger partial charge in [-0.05, 0) is 12.8 Å². The van der Waals surface area contributed by atoms with Crippen molar-refractivity contribution in [2.75, 3.05) is 5.94 Å².